The van der Waals surface area contributed by atoms with Crippen LogP contribution in [0.5, 0.6) is 0 Å². The van der Waals surface area contributed by atoms with Gasteiger partial charge in [-0.05, 0) is 5.92 Å². The van der Waals surface area contributed by atoms with Crippen molar-refractivity contribution in [2.75, 3.05) is 50.8 Å². The predicted octanol–water partition coefficient (Wildman–Crippen LogP) is 0.340. The Morgan fingerprint density at radius 1 is 1.38 bits per heavy atom. The highest BCUT2D eigenvalue weighted by Gasteiger charge is 2.35. The van der Waals surface area contributed by atoms with Gasteiger partial charge in [0.2, 0.25) is 11.8 Å². The van der Waals surface area contributed by atoms with Crippen molar-refractivity contribution in [3.05, 3.63) is 12.4 Å². The second-order valence-electron chi connectivity index (χ2n) is 7.46. The van der Waals surface area contributed by atoms with Crippen molar-refractivity contribution < 1.29 is 14.3 Å². The minimum atomic E-state index is -0.291. The molecule has 26 heavy (non-hydrogen) atoms. The Kier molecular flexibility index (Phi) is 6.26. The van der Waals surface area contributed by atoms with Crippen molar-refractivity contribution in [1.82, 2.24) is 20.0 Å². The molecule has 2 aliphatic rings. The van der Waals surface area contributed by atoms with Gasteiger partial charge in [0.1, 0.15) is 0 Å². The number of amides is 2. The molecule has 0 saturated carbocycles. The van der Waals surface area contributed by atoms with Crippen LogP contribution in [0.25, 0.3) is 0 Å². The summed E-state index contributed by atoms with van der Waals surface area (Å²) >= 11 is 0. The van der Waals surface area contributed by atoms with Crippen LogP contribution in [0.3, 0.4) is 0 Å². The van der Waals surface area contributed by atoms with Crippen molar-refractivity contribution in [2.24, 2.45) is 11.8 Å². The van der Waals surface area contributed by atoms with E-state index in [0.717, 1.165) is 45.1 Å². The van der Waals surface area contributed by atoms with E-state index in [1.54, 1.807) is 11.1 Å². The van der Waals surface area contributed by atoms with Gasteiger partial charge in [-0.25, -0.2) is 0 Å². The summed E-state index contributed by atoms with van der Waals surface area (Å²) in [5.74, 6) is 0.147. The van der Waals surface area contributed by atoms with Crippen LogP contribution in [0.1, 0.15) is 20.3 Å². The van der Waals surface area contributed by atoms with Crippen molar-refractivity contribution in [3.8, 4) is 0 Å². The van der Waals surface area contributed by atoms with E-state index in [0.29, 0.717) is 19.0 Å². The molecule has 1 atom stereocenters. The van der Waals surface area contributed by atoms with E-state index in [-0.39, 0.29) is 24.2 Å². The normalized spacial score (nSPS) is 21.6. The molecule has 8 nitrogen and oxygen atoms in total. The standard InChI is InChI=1S/C18H29N5O3/c1-14(2)11-22-13-16(10-20-22)23-12-15(9-17(23)24)18(25)19-3-4-21-5-7-26-8-6-21/h10,13-15H,3-9,11-12H2,1-2H3,(H,19,25)/t15-/m0/s1. The molecule has 1 aromatic heterocycles. The number of carbonyl (C=O) groups excluding carboxylic acids is 2. The predicted molar refractivity (Wildman–Crippen MR) is 97.8 cm³/mol. The molecule has 0 aliphatic carbocycles. The fourth-order valence-corrected chi connectivity index (χ4v) is 3.41. The van der Waals surface area contributed by atoms with Gasteiger partial charge in [-0.1, -0.05) is 13.8 Å². The lowest BCUT2D eigenvalue weighted by molar-refractivity contribution is -0.126. The number of morpholine rings is 1. The van der Waals surface area contributed by atoms with Gasteiger partial charge >= 0.3 is 0 Å². The van der Waals surface area contributed by atoms with Gasteiger partial charge in [-0.3, -0.25) is 19.2 Å². The molecular formula is C18H29N5O3. The smallest absolute Gasteiger partial charge is 0.227 e. The van der Waals surface area contributed by atoms with Gasteiger partial charge < -0.3 is 15.0 Å². The highest BCUT2D eigenvalue weighted by Crippen LogP contribution is 2.25. The number of hydrogen-bond acceptors (Lipinski definition) is 5. The lowest BCUT2D eigenvalue weighted by Crippen LogP contribution is -2.42. The molecule has 3 heterocycles. The van der Waals surface area contributed by atoms with Crippen LogP contribution in [-0.4, -0.2) is 72.4 Å². The molecule has 2 saturated heterocycles. The van der Waals surface area contributed by atoms with Crippen LogP contribution in [-0.2, 0) is 20.9 Å². The second kappa shape index (κ2) is 8.64. The van der Waals surface area contributed by atoms with E-state index < -0.39 is 0 Å². The van der Waals surface area contributed by atoms with Crippen molar-refractivity contribution in [3.63, 3.8) is 0 Å². The SMILES string of the molecule is CC(C)Cn1cc(N2C[C@@H](C(=O)NCCN3CCOCC3)CC2=O)cn1. The molecule has 8 heteroatoms. The molecule has 2 aliphatic heterocycles. The van der Waals surface area contributed by atoms with E-state index in [1.807, 2.05) is 10.9 Å². The topological polar surface area (TPSA) is 79.7 Å². The van der Waals surface area contributed by atoms with Crippen LogP contribution in [0.15, 0.2) is 12.4 Å². The lowest BCUT2D eigenvalue weighted by atomic mass is 10.1. The molecule has 1 aromatic rings. The summed E-state index contributed by atoms with van der Waals surface area (Å²) in [4.78, 5) is 28.7. The molecule has 144 valence electrons. The Morgan fingerprint density at radius 3 is 2.88 bits per heavy atom. The average Bonchev–Trinajstić information content (AvgIpc) is 3.21. The maximum absolute atomic E-state index is 12.4. The molecule has 0 spiro atoms. The van der Waals surface area contributed by atoms with Gasteiger partial charge in [-0.2, -0.15) is 5.10 Å². The van der Waals surface area contributed by atoms with Crippen LogP contribution >= 0.6 is 0 Å². The zero-order valence-corrected chi connectivity index (χ0v) is 15.7. The Labute approximate surface area is 154 Å². The summed E-state index contributed by atoms with van der Waals surface area (Å²) < 4.78 is 7.17. The highest BCUT2D eigenvalue weighted by molar-refractivity contribution is 6.00. The van der Waals surface area contributed by atoms with Crippen LogP contribution < -0.4 is 10.2 Å². The number of aromatic nitrogens is 2. The highest BCUT2D eigenvalue weighted by atomic mass is 16.5. The summed E-state index contributed by atoms with van der Waals surface area (Å²) in [5, 5.41) is 7.29. The minimum absolute atomic E-state index is 0.0116. The number of rotatable bonds is 7. The summed E-state index contributed by atoms with van der Waals surface area (Å²) in [6, 6.07) is 0. The summed E-state index contributed by atoms with van der Waals surface area (Å²) in [7, 11) is 0. The summed E-state index contributed by atoms with van der Waals surface area (Å²) in [5.41, 5.74) is 0.777. The molecule has 0 unspecified atom stereocenters. The molecular weight excluding hydrogens is 334 g/mol. The van der Waals surface area contributed by atoms with Crippen molar-refractivity contribution >= 4 is 17.5 Å². The first-order valence-electron chi connectivity index (χ1n) is 9.43. The first-order valence-corrected chi connectivity index (χ1v) is 9.43. The van der Waals surface area contributed by atoms with E-state index in [1.165, 1.54) is 0 Å². The third-order valence-corrected chi connectivity index (χ3v) is 4.81. The van der Waals surface area contributed by atoms with Gasteiger partial charge in [0.25, 0.3) is 0 Å². The van der Waals surface area contributed by atoms with E-state index in [2.05, 4.69) is 29.2 Å². The Bertz CT molecular complexity index is 624. The third-order valence-electron chi connectivity index (χ3n) is 4.81. The Morgan fingerprint density at radius 2 is 2.15 bits per heavy atom. The first-order chi connectivity index (χ1) is 12.5. The zero-order chi connectivity index (χ0) is 18.5. The minimum Gasteiger partial charge on any atom is -0.379 e. The Balaban J connectivity index is 1.47. The molecule has 0 bridgehead atoms. The summed E-state index contributed by atoms with van der Waals surface area (Å²) in [6.07, 6.45) is 3.86. The maximum atomic E-state index is 12.4. The summed E-state index contributed by atoms with van der Waals surface area (Å²) in [6.45, 7) is 10.2. The number of carbonyl (C=O) groups is 2. The first kappa shape index (κ1) is 18.8. The fraction of sp³-hybridized carbons (Fsp3) is 0.722. The molecule has 0 aromatic carbocycles. The fourth-order valence-electron chi connectivity index (χ4n) is 3.41. The van der Waals surface area contributed by atoms with Gasteiger partial charge in [0.15, 0.2) is 0 Å². The number of nitrogens with zero attached hydrogens (tertiary/aromatic N) is 4. The van der Waals surface area contributed by atoms with Gasteiger partial charge in [0.05, 0.1) is 31.0 Å². The third kappa shape index (κ3) is 4.82. The molecule has 3 rings (SSSR count). The molecule has 2 amide bonds. The largest absolute Gasteiger partial charge is 0.379 e. The zero-order valence-electron chi connectivity index (χ0n) is 15.7. The lowest BCUT2D eigenvalue weighted by Gasteiger charge is -2.26. The Hall–Kier alpha value is -1.93. The average molecular weight is 363 g/mol. The number of nitrogens with one attached hydrogen (secondary N) is 1. The quantitative estimate of drug-likeness (QED) is 0.756. The molecule has 1 N–H and O–H groups in total. The van der Waals surface area contributed by atoms with Crippen LogP contribution in [0.4, 0.5) is 5.69 Å². The van der Waals surface area contributed by atoms with Crippen LogP contribution in [0.2, 0.25) is 0 Å². The van der Waals surface area contributed by atoms with E-state index in [4.69, 9.17) is 4.74 Å². The molecule has 2 fully saturated rings. The number of hydrogen-bond donors (Lipinski definition) is 1. The maximum Gasteiger partial charge on any atom is 0.227 e. The van der Waals surface area contributed by atoms with Gasteiger partial charge in [0, 0.05) is 51.9 Å². The number of ether oxygens (including phenoxy) is 1. The number of anilines is 1. The van der Waals surface area contributed by atoms with E-state index in [9.17, 15) is 9.59 Å². The van der Waals surface area contributed by atoms with Gasteiger partial charge in [-0.15, -0.1) is 0 Å². The van der Waals surface area contributed by atoms with Crippen molar-refractivity contribution in [2.45, 2.75) is 26.8 Å². The molecule has 0 radical (unpaired) electrons. The van der Waals surface area contributed by atoms with Crippen molar-refractivity contribution in [1.29, 1.82) is 0 Å². The monoisotopic (exact) mass is 363 g/mol. The van der Waals surface area contributed by atoms with E-state index >= 15 is 0 Å². The van der Waals surface area contributed by atoms with Crippen LogP contribution in [0, 0.1) is 11.8 Å². The second-order valence-corrected chi connectivity index (χ2v) is 7.46.